The third-order valence-electron chi connectivity index (χ3n) is 2.01. The lowest BCUT2D eigenvalue weighted by atomic mass is 10.2. The van der Waals surface area contributed by atoms with Crippen LogP contribution in [0.15, 0.2) is 34.9 Å². The zero-order chi connectivity index (χ0) is 10.7. The van der Waals surface area contributed by atoms with Crippen molar-refractivity contribution in [3.8, 4) is 5.75 Å². The van der Waals surface area contributed by atoms with Crippen LogP contribution in [0.1, 0.15) is 0 Å². The summed E-state index contributed by atoms with van der Waals surface area (Å²) in [6.07, 6.45) is 1.70. The Labute approximate surface area is 95.8 Å². The van der Waals surface area contributed by atoms with Crippen LogP contribution in [0.5, 0.6) is 5.75 Å². The molecule has 0 amide bonds. The van der Waals surface area contributed by atoms with Gasteiger partial charge in [0.15, 0.2) is 0 Å². The highest BCUT2D eigenvalue weighted by Crippen LogP contribution is 2.26. The number of nitrogens with zero attached hydrogens (tertiary/aromatic N) is 1. The van der Waals surface area contributed by atoms with Gasteiger partial charge >= 0.3 is 0 Å². The van der Waals surface area contributed by atoms with Crippen molar-refractivity contribution in [3.05, 3.63) is 34.9 Å². The van der Waals surface area contributed by atoms with E-state index in [4.69, 9.17) is 9.84 Å². The summed E-state index contributed by atoms with van der Waals surface area (Å²) in [6, 6.07) is 7.61. The van der Waals surface area contributed by atoms with Crippen molar-refractivity contribution in [2.24, 2.45) is 0 Å². The number of hydrogen-bond donors (Lipinski definition) is 1. The van der Waals surface area contributed by atoms with Crippen LogP contribution in [0.3, 0.4) is 0 Å². The zero-order valence-corrected chi connectivity index (χ0v) is 9.57. The maximum Gasteiger partial charge on any atom is 0.130 e. The molecule has 1 N–H and O–H groups in total. The average Bonchev–Trinajstić information content (AvgIpc) is 2.26. The lowest BCUT2D eigenvalue weighted by Gasteiger charge is -2.07. The second kappa shape index (κ2) is 4.59. The molecule has 0 spiro atoms. The summed E-state index contributed by atoms with van der Waals surface area (Å²) >= 11 is 3.40. The van der Waals surface area contributed by atoms with Crippen LogP contribution < -0.4 is 4.74 Å². The second-order valence-electron chi connectivity index (χ2n) is 3.04. The van der Waals surface area contributed by atoms with Crippen LogP contribution >= 0.6 is 15.9 Å². The maximum absolute atomic E-state index is 8.70. The van der Waals surface area contributed by atoms with Gasteiger partial charge < -0.3 is 9.84 Å². The summed E-state index contributed by atoms with van der Waals surface area (Å²) < 4.78 is 6.40. The molecule has 78 valence electrons. The summed E-state index contributed by atoms with van der Waals surface area (Å²) in [6.45, 7) is 0.309. The number of aliphatic hydroxyl groups excluding tert-OH is 1. The Morgan fingerprint density at radius 1 is 1.33 bits per heavy atom. The third-order valence-corrected chi connectivity index (χ3v) is 2.51. The fraction of sp³-hybridized carbons (Fsp3) is 0.182. The number of pyridine rings is 1. The quantitative estimate of drug-likeness (QED) is 0.929. The first-order valence-corrected chi connectivity index (χ1v) is 5.38. The van der Waals surface area contributed by atoms with Crippen LogP contribution in [0.25, 0.3) is 10.9 Å². The number of rotatable bonds is 3. The Balaban J connectivity index is 2.48. The monoisotopic (exact) mass is 267 g/mol. The number of aromatic nitrogens is 1. The third kappa shape index (κ3) is 2.27. The normalized spacial score (nSPS) is 10.5. The molecule has 0 unspecified atom stereocenters. The van der Waals surface area contributed by atoms with Crippen molar-refractivity contribution in [2.45, 2.75) is 0 Å². The molecule has 0 aliphatic heterocycles. The molecule has 0 fully saturated rings. The van der Waals surface area contributed by atoms with Crippen LogP contribution in [0, 0.1) is 0 Å². The molecule has 0 atom stereocenters. The zero-order valence-electron chi connectivity index (χ0n) is 7.98. The minimum Gasteiger partial charge on any atom is -0.490 e. The molecule has 0 radical (unpaired) electrons. The van der Waals surface area contributed by atoms with Crippen molar-refractivity contribution in [2.75, 3.05) is 13.2 Å². The number of aliphatic hydroxyl groups is 1. The van der Waals surface area contributed by atoms with Gasteiger partial charge in [0.25, 0.3) is 0 Å². The van der Waals surface area contributed by atoms with Gasteiger partial charge in [0.05, 0.1) is 12.1 Å². The van der Waals surface area contributed by atoms with E-state index in [1.165, 1.54) is 0 Å². The Bertz CT molecular complexity index is 473. The van der Waals surface area contributed by atoms with Gasteiger partial charge in [-0.3, -0.25) is 4.98 Å². The van der Waals surface area contributed by atoms with Gasteiger partial charge in [0.1, 0.15) is 12.4 Å². The molecule has 15 heavy (non-hydrogen) atoms. The molecular weight excluding hydrogens is 258 g/mol. The number of hydrogen-bond acceptors (Lipinski definition) is 3. The summed E-state index contributed by atoms with van der Waals surface area (Å²) in [7, 11) is 0. The largest absolute Gasteiger partial charge is 0.490 e. The van der Waals surface area contributed by atoms with Gasteiger partial charge in [-0.2, -0.15) is 0 Å². The smallest absolute Gasteiger partial charge is 0.130 e. The Kier molecular flexibility index (Phi) is 3.18. The van der Waals surface area contributed by atoms with E-state index in [9.17, 15) is 0 Å². The van der Waals surface area contributed by atoms with Gasteiger partial charge in [0.2, 0.25) is 0 Å². The summed E-state index contributed by atoms with van der Waals surface area (Å²) in [5.74, 6) is 0.746. The fourth-order valence-corrected chi connectivity index (χ4v) is 1.74. The van der Waals surface area contributed by atoms with E-state index in [1.807, 2.05) is 18.2 Å². The van der Waals surface area contributed by atoms with Crippen LogP contribution in [-0.4, -0.2) is 23.3 Å². The molecule has 0 aliphatic rings. The van der Waals surface area contributed by atoms with Crippen LogP contribution in [0.4, 0.5) is 0 Å². The van der Waals surface area contributed by atoms with Crippen LogP contribution in [0.2, 0.25) is 0 Å². The topological polar surface area (TPSA) is 42.4 Å². The number of benzene rings is 1. The van der Waals surface area contributed by atoms with Gasteiger partial charge in [-0.1, -0.05) is 15.9 Å². The fourth-order valence-electron chi connectivity index (χ4n) is 1.37. The Morgan fingerprint density at radius 3 is 3.00 bits per heavy atom. The van der Waals surface area contributed by atoms with E-state index in [0.717, 1.165) is 21.1 Å². The lowest BCUT2D eigenvalue weighted by Crippen LogP contribution is -2.02. The van der Waals surface area contributed by atoms with E-state index >= 15 is 0 Å². The molecule has 1 aromatic heterocycles. The molecule has 1 aromatic carbocycles. The van der Waals surface area contributed by atoms with Gasteiger partial charge in [-0.15, -0.1) is 0 Å². The first kappa shape index (κ1) is 10.4. The molecule has 4 heteroatoms. The molecule has 2 rings (SSSR count). The minimum atomic E-state index is 0.0117. The Morgan fingerprint density at radius 2 is 2.20 bits per heavy atom. The SMILES string of the molecule is OCCOc1ccnc2ccc(Br)cc12. The van der Waals surface area contributed by atoms with E-state index in [2.05, 4.69) is 20.9 Å². The van der Waals surface area contributed by atoms with Gasteiger partial charge in [0, 0.05) is 16.1 Å². The molecule has 3 nitrogen and oxygen atoms in total. The lowest BCUT2D eigenvalue weighted by molar-refractivity contribution is 0.203. The van der Waals surface area contributed by atoms with Gasteiger partial charge in [-0.25, -0.2) is 0 Å². The first-order chi connectivity index (χ1) is 7.31. The molecule has 0 bridgehead atoms. The van der Waals surface area contributed by atoms with Crippen molar-refractivity contribution in [1.29, 1.82) is 0 Å². The highest BCUT2D eigenvalue weighted by atomic mass is 79.9. The highest BCUT2D eigenvalue weighted by molar-refractivity contribution is 9.10. The average molecular weight is 268 g/mol. The minimum absolute atomic E-state index is 0.0117. The van der Waals surface area contributed by atoms with E-state index in [-0.39, 0.29) is 6.61 Å². The van der Waals surface area contributed by atoms with Crippen molar-refractivity contribution in [3.63, 3.8) is 0 Å². The van der Waals surface area contributed by atoms with Crippen molar-refractivity contribution < 1.29 is 9.84 Å². The molecule has 0 aliphatic carbocycles. The number of fused-ring (bicyclic) bond motifs is 1. The summed E-state index contributed by atoms with van der Waals surface area (Å²) in [5.41, 5.74) is 0.883. The molecular formula is C11H10BrNO2. The van der Waals surface area contributed by atoms with Gasteiger partial charge in [-0.05, 0) is 24.3 Å². The molecule has 0 saturated heterocycles. The predicted molar refractivity (Wildman–Crippen MR) is 62.0 cm³/mol. The number of halogens is 1. The van der Waals surface area contributed by atoms with E-state index in [1.54, 1.807) is 12.3 Å². The summed E-state index contributed by atoms with van der Waals surface area (Å²) in [4.78, 5) is 4.23. The maximum atomic E-state index is 8.70. The molecule has 1 heterocycles. The van der Waals surface area contributed by atoms with Crippen molar-refractivity contribution >= 4 is 26.8 Å². The standard InChI is InChI=1S/C11H10BrNO2/c12-8-1-2-10-9(7-8)11(3-4-13-10)15-6-5-14/h1-4,7,14H,5-6H2. The Hall–Kier alpha value is -1.13. The van der Waals surface area contributed by atoms with E-state index in [0.29, 0.717) is 6.61 Å². The first-order valence-electron chi connectivity index (χ1n) is 4.59. The van der Waals surface area contributed by atoms with Crippen molar-refractivity contribution in [1.82, 2.24) is 4.98 Å². The summed E-state index contributed by atoms with van der Waals surface area (Å²) in [5, 5.41) is 9.65. The van der Waals surface area contributed by atoms with Crippen LogP contribution in [-0.2, 0) is 0 Å². The highest BCUT2D eigenvalue weighted by Gasteiger charge is 2.02. The van der Waals surface area contributed by atoms with E-state index < -0.39 is 0 Å². The molecule has 0 saturated carbocycles. The second-order valence-corrected chi connectivity index (χ2v) is 3.96. The number of ether oxygens (including phenoxy) is 1. The predicted octanol–water partition coefficient (Wildman–Crippen LogP) is 2.37. The molecule has 2 aromatic rings.